The van der Waals surface area contributed by atoms with Crippen LogP contribution in [0.25, 0.3) is 0 Å². The van der Waals surface area contributed by atoms with Gasteiger partial charge in [0.25, 0.3) is 0 Å². The quantitative estimate of drug-likeness (QED) is 0.513. The lowest BCUT2D eigenvalue weighted by Crippen LogP contribution is -2.27. The van der Waals surface area contributed by atoms with E-state index < -0.39 is 23.7 Å². The van der Waals surface area contributed by atoms with Crippen molar-refractivity contribution < 1.29 is 23.5 Å². The van der Waals surface area contributed by atoms with E-state index in [0.29, 0.717) is 0 Å². The van der Waals surface area contributed by atoms with Crippen LogP contribution in [0.4, 0.5) is 10.1 Å². The molecule has 0 aliphatic heterocycles. The van der Waals surface area contributed by atoms with Gasteiger partial charge >= 0.3 is 11.9 Å². The summed E-state index contributed by atoms with van der Waals surface area (Å²) in [6.45, 7) is 3.26. The van der Waals surface area contributed by atoms with E-state index in [-0.39, 0.29) is 29.5 Å². The summed E-state index contributed by atoms with van der Waals surface area (Å²) in [5, 5.41) is -0.346. The molecular formula is C13H15ClFNO4. The summed E-state index contributed by atoms with van der Waals surface area (Å²) in [5.41, 5.74) is 5.25. The minimum atomic E-state index is -1.52. The number of nitrogen functional groups attached to an aromatic ring is 1. The average molecular weight is 304 g/mol. The Hall–Kier alpha value is -1.82. The fraction of sp³-hybridized carbons (Fsp3) is 0.385. The van der Waals surface area contributed by atoms with E-state index in [4.69, 9.17) is 26.8 Å². The number of nitrogens with two attached hydrogens (primary N) is 1. The van der Waals surface area contributed by atoms with Crippen molar-refractivity contribution in [2.75, 3.05) is 18.9 Å². The predicted molar refractivity (Wildman–Crippen MR) is 71.8 cm³/mol. The first-order valence-corrected chi connectivity index (χ1v) is 6.38. The first-order chi connectivity index (χ1) is 9.43. The SMILES string of the molecule is CCOC(=O)C(C(=O)OCC)c1ccc(N)c(Cl)c1F. The summed E-state index contributed by atoms with van der Waals surface area (Å²) in [4.78, 5) is 23.7. The predicted octanol–water partition coefficient (Wildman–Crippen LogP) is 2.27. The molecule has 7 heteroatoms. The van der Waals surface area contributed by atoms with Crippen molar-refractivity contribution >= 4 is 29.2 Å². The van der Waals surface area contributed by atoms with Crippen LogP contribution in [0.1, 0.15) is 25.3 Å². The van der Waals surface area contributed by atoms with Gasteiger partial charge in [-0.15, -0.1) is 0 Å². The number of hydrogen-bond donors (Lipinski definition) is 1. The number of carbonyl (C=O) groups excluding carboxylic acids is 2. The van der Waals surface area contributed by atoms with Crippen molar-refractivity contribution in [2.45, 2.75) is 19.8 Å². The van der Waals surface area contributed by atoms with Gasteiger partial charge in [-0.3, -0.25) is 9.59 Å². The maximum atomic E-state index is 14.1. The number of esters is 2. The van der Waals surface area contributed by atoms with Crippen molar-refractivity contribution in [2.24, 2.45) is 0 Å². The minimum Gasteiger partial charge on any atom is -0.465 e. The van der Waals surface area contributed by atoms with E-state index in [2.05, 4.69) is 0 Å². The fourth-order valence-corrected chi connectivity index (χ4v) is 1.78. The minimum absolute atomic E-state index is 0.0133. The van der Waals surface area contributed by atoms with Gasteiger partial charge in [-0.2, -0.15) is 0 Å². The molecule has 0 aromatic heterocycles. The van der Waals surface area contributed by atoms with E-state index in [1.54, 1.807) is 13.8 Å². The second-order valence-corrected chi connectivity index (χ2v) is 4.19. The fourth-order valence-electron chi connectivity index (χ4n) is 1.60. The first kappa shape index (κ1) is 16.2. The second kappa shape index (κ2) is 7.09. The van der Waals surface area contributed by atoms with Crippen LogP contribution in [-0.4, -0.2) is 25.2 Å². The molecule has 1 rings (SSSR count). The second-order valence-electron chi connectivity index (χ2n) is 3.81. The lowest BCUT2D eigenvalue weighted by molar-refractivity contribution is -0.157. The van der Waals surface area contributed by atoms with Crippen molar-refractivity contribution in [3.8, 4) is 0 Å². The molecule has 1 aromatic carbocycles. The van der Waals surface area contributed by atoms with Gasteiger partial charge in [-0.05, 0) is 19.9 Å². The molecule has 0 heterocycles. The Morgan fingerprint density at radius 1 is 1.25 bits per heavy atom. The van der Waals surface area contributed by atoms with Gasteiger partial charge < -0.3 is 15.2 Å². The standard InChI is InChI=1S/C13H15ClFNO4/c1-3-19-12(17)9(13(18)20-4-2)7-5-6-8(16)10(14)11(7)15/h5-6,9H,3-4,16H2,1-2H3. The molecule has 110 valence electrons. The van der Waals surface area contributed by atoms with E-state index in [0.717, 1.165) is 0 Å². The molecule has 0 spiro atoms. The summed E-state index contributed by atoms with van der Waals surface area (Å²) in [6.07, 6.45) is 0. The first-order valence-electron chi connectivity index (χ1n) is 6.00. The number of ether oxygens (including phenoxy) is 2. The summed E-state index contributed by atoms with van der Waals surface area (Å²) in [7, 11) is 0. The van der Waals surface area contributed by atoms with Crippen LogP contribution in [-0.2, 0) is 19.1 Å². The number of halogens is 2. The number of hydrogen-bond acceptors (Lipinski definition) is 5. The molecule has 0 saturated heterocycles. The van der Waals surface area contributed by atoms with Crippen molar-refractivity contribution in [3.63, 3.8) is 0 Å². The van der Waals surface area contributed by atoms with Gasteiger partial charge in [0.1, 0.15) is 5.82 Å². The highest BCUT2D eigenvalue weighted by Crippen LogP contribution is 2.30. The third-order valence-electron chi connectivity index (χ3n) is 2.50. The highest BCUT2D eigenvalue weighted by Gasteiger charge is 2.34. The molecule has 0 bridgehead atoms. The van der Waals surface area contributed by atoms with Gasteiger partial charge in [-0.1, -0.05) is 17.7 Å². The van der Waals surface area contributed by atoms with Crippen molar-refractivity contribution in [1.29, 1.82) is 0 Å². The van der Waals surface area contributed by atoms with E-state index in [1.165, 1.54) is 12.1 Å². The molecule has 2 N–H and O–H groups in total. The van der Waals surface area contributed by atoms with Crippen LogP contribution >= 0.6 is 11.6 Å². The Labute approximate surface area is 120 Å². The molecule has 20 heavy (non-hydrogen) atoms. The van der Waals surface area contributed by atoms with Gasteiger partial charge in [0.05, 0.1) is 23.9 Å². The topological polar surface area (TPSA) is 78.6 Å². The number of anilines is 1. The zero-order chi connectivity index (χ0) is 15.3. The Bertz CT molecular complexity index is 503. The molecule has 0 radical (unpaired) electrons. The molecule has 0 atom stereocenters. The number of carbonyl (C=O) groups is 2. The van der Waals surface area contributed by atoms with Crippen LogP contribution in [0.15, 0.2) is 12.1 Å². The maximum Gasteiger partial charge on any atom is 0.325 e. The highest BCUT2D eigenvalue weighted by atomic mass is 35.5. The molecule has 1 aromatic rings. The third-order valence-corrected chi connectivity index (χ3v) is 2.88. The molecule has 0 aliphatic rings. The smallest absolute Gasteiger partial charge is 0.325 e. The van der Waals surface area contributed by atoms with Gasteiger partial charge in [0, 0.05) is 5.56 Å². The van der Waals surface area contributed by atoms with Crippen LogP contribution in [0.2, 0.25) is 5.02 Å². The highest BCUT2D eigenvalue weighted by molar-refractivity contribution is 6.33. The normalized spacial score (nSPS) is 10.4. The summed E-state index contributed by atoms with van der Waals surface area (Å²) in [6, 6.07) is 2.53. The zero-order valence-electron chi connectivity index (χ0n) is 11.1. The monoisotopic (exact) mass is 303 g/mol. The Morgan fingerprint density at radius 2 is 1.75 bits per heavy atom. The zero-order valence-corrected chi connectivity index (χ0v) is 11.9. The van der Waals surface area contributed by atoms with Crippen molar-refractivity contribution in [1.82, 2.24) is 0 Å². The summed E-state index contributed by atoms with van der Waals surface area (Å²) < 4.78 is 23.6. The maximum absolute atomic E-state index is 14.1. The van der Waals surface area contributed by atoms with Crippen LogP contribution in [0.3, 0.4) is 0 Å². The molecule has 0 amide bonds. The Balaban J connectivity index is 3.27. The number of benzene rings is 1. The van der Waals surface area contributed by atoms with Gasteiger partial charge in [0.2, 0.25) is 0 Å². The molecule has 0 saturated carbocycles. The molecular weight excluding hydrogens is 289 g/mol. The van der Waals surface area contributed by atoms with E-state index in [1.807, 2.05) is 0 Å². The van der Waals surface area contributed by atoms with E-state index in [9.17, 15) is 14.0 Å². The lowest BCUT2D eigenvalue weighted by atomic mass is 9.98. The van der Waals surface area contributed by atoms with E-state index >= 15 is 0 Å². The van der Waals surface area contributed by atoms with Gasteiger partial charge in [0.15, 0.2) is 5.92 Å². The molecule has 0 aliphatic carbocycles. The molecule has 0 unspecified atom stereocenters. The lowest BCUT2D eigenvalue weighted by Gasteiger charge is -2.16. The third kappa shape index (κ3) is 3.39. The van der Waals surface area contributed by atoms with Crippen molar-refractivity contribution in [3.05, 3.63) is 28.5 Å². The largest absolute Gasteiger partial charge is 0.465 e. The van der Waals surface area contributed by atoms with Crippen LogP contribution in [0.5, 0.6) is 0 Å². The average Bonchev–Trinajstić information content (AvgIpc) is 2.40. The van der Waals surface area contributed by atoms with Crippen LogP contribution in [0, 0.1) is 5.82 Å². The summed E-state index contributed by atoms with van der Waals surface area (Å²) in [5.74, 6) is -4.25. The Morgan fingerprint density at radius 3 is 2.20 bits per heavy atom. The number of rotatable bonds is 5. The Kier molecular flexibility index (Phi) is 5.76. The van der Waals surface area contributed by atoms with Gasteiger partial charge in [-0.25, -0.2) is 4.39 Å². The molecule has 5 nitrogen and oxygen atoms in total. The van der Waals surface area contributed by atoms with Crippen LogP contribution < -0.4 is 5.73 Å². The summed E-state index contributed by atoms with van der Waals surface area (Å²) >= 11 is 5.69. The molecule has 0 fully saturated rings.